The second-order valence-corrected chi connectivity index (χ2v) is 10.4. The van der Waals surface area contributed by atoms with Crippen molar-refractivity contribution in [2.75, 3.05) is 19.6 Å². The summed E-state index contributed by atoms with van der Waals surface area (Å²) in [6, 6.07) is -6.91. The van der Waals surface area contributed by atoms with Crippen molar-refractivity contribution in [2.45, 2.75) is 88.5 Å². The Morgan fingerprint density at radius 3 is 1.85 bits per heavy atom. The highest BCUT2D eigenvalue weighted by atomic mass is 16.4. The van der Waals surface area contributed by atoms with Crippen molar-refractivity contribution in [3.63, 3.8) is 0 Å². The summed E-state index contributed by atoms with van der Waals surface area (Å²) < 4.78 is 0. The zero-order valence-corrected chi connectivity index (χ0v) is 26.0. The van der Waals surface area contributed by atoms with Gasteiger partial charge >= 0.3 is 17.9 Å². The molecular formula is C26H46N10O11. The minimum Gasteiger partial charge on any atom is -0.481 e. The number of carbonyl (C=O) groups is 8. The molecule has 21 heteroatoms. The molecule has 0 aliphatic carbocycles. The number of hydrogen-bond donors (Lipinski definition) is 12. The molecule has 0 aliphatic rings. The smallest absolute Gasteiger partial charge is 0.326 e. The minimum absolute atomic E-state index is 0.0690. The van der Waals surface area contributed by atoms with Crippen LogP contribution < -0.4 is 49.5 Å². The first kappa shape index (κ1) is 41.9. The van der Waals surface area contributed by atoms with Gasteiger partial charge in [0.05, 0.1) is 19.0 Å². The first-order chi connectivity index (χ1) is 22.0. The number of carboxylic acids is 3. The molecule has 5 amide bonds. The largest absolute Gasteiger partial charge is 0.481 e. The maximum absolute atomic E-state index is 13.0. The predicted octanol–water partition coefficient (Wildman–Crippen LogP) is -5.00. The second kappa shape index (κ2) is 22.5. The van der Waals surface area contributed by atoms with Crippen LogP contribution in [0.15, 0.2) is 4.99 Å². The van der Waals surface area contributed by atoms with Gasteiger partial charge in [0, 0.05) is 13.0 Å². The van der Waals surface area contributed by atoms with Gasteiger partial charge in [-0.05, 0) is 52.0 Å². The van der Waals surface area contributed by atoms with Gasteiger partial charge in [-0.15, -0.1) is 0 Å². The third-order valence-corrected chi connectivity index (χ3v) is 6.35. The summed E-state index contributed by atoms with van der Waals surface area (Å²) in [5.74, 6) is -8.77. The molecule has 0 heterocycles. The Kier molecular flexibility index (Phi) is 20.0. The van der Waals surface area contributed by atoms with Crippen molar-refractivity contribution in [3.05, 3.63) is 0 Å². The maximum Gasteiger partial charge on any atom is 0.326 e. The summed E-state index contributed by atoms with van der Waals surface area (Å²) in [6.07, 6.45) is -0.436. The van der Waals surface area contributed by atoms with Gasteiger partial charge < -0.3 is 64.8 Å². The van der Waals surface area contributed by atoms with Crippen molar-refractivity contribution in [2.24, 2.45) is 27.9 Å². The van der Waals surface area contributed by atoms with Crippen LogP contribution in [0.4, 0.5) is 0 Å². The highest BCUT2D eigenvalue weighted by Gasteiger charge is 2.31. The van der Waals surface area contributed by atoms with Crippen molar-refractivity contribution >= 4 is 53.4 Å². The Labute approximate surface area is 270 Å². The van der Waals surface area contributed by atoms with Crippen LogP contribution in [0.5, 0.6) is 0 Å². The van der Waals surface area contributed by atoms with Gasteiger partial charge in [0.25, 0.3) is 0 Å². The molecule has 0 radical (unpaired) electrons. The van der Waals surface area contributed by atoms with E-state index in [4.69, 9.17) is 28.0 Å². The first-order valence-electron chi connectivity index (χ1n) is 14.6. The fourth-order valence-electron chi connectivity index (χ4n) is 3.81. The normalized spacial score (nSPS) is 13.8. The summed E-state index contributed by atoms with van der Waals surface area (Å²) in [7, 11) is 0. The van der Waals surface area contributed by atoms with Gasteiger partial charge in [-0.3, -0.25) is 38.6 Å². The lowest BCUT2D eigenvalue weighted by molar-refractivity contribution is -0.144. The monoisotopic (exact) mass is 674 g/mol. The quantitative estimate of drug-likeness (QED) is 0.0259. The Bertz CT molecular complexity index is 1150. The van der Waals surface area contributed by atoms with Crippen LogP contribution in [-0.2, 0) is 38.4 Å². The summed E-state index contributed by atoms with van der Waals surface area (Å²) in [4.78, 5) is 101. The lowest BCUT2D eigenvalue weighted by Crippen LogP contribution is -2.57. The van der Waals surface area contributed by atoms with Gasteiger partial charge in [0.2, 0.25) is 29.5 Å². The zero-order chi connectivity index (χ0) is 36.1. The average molecular weight is 675 g/mol. The SMILES string of the molecule is C[C@H](NC(=O)[C@H](CCCCN)NC(=O)CNC(=O)[C@@H](N)CCC(=O)O)C(=O)N[C@@H](CC(=O)O)C(=O)N[C@@H](CCCN=C(N)N)C(=O)O. The minimum atomic E-state index is -1.72. The molecule has 0 aliphatic heterocycles. The number of unbranched alkanes of at least 4 members (excludes halogenated alkanes) is 1. The molecule has 0 spiro atoms. The molecule has 0 aromatic carbocycles. The summed E-state index contributed by atoms with van der Waals surface area (Å²) in [5, 5.41) is 38.8. The van der Waals surface area contributed by atoms with E-state index in [0.29, 0.717) is 12.8 Å². The van der Waals surface area contributed by atoms with Crippen LogP contribution in [0.25, 0.3) is 0 Å². The number of hydrogen-bond acceptors (Lipinski definition) is 11. The fraction of sp³-hybridized carbons (Fsp3) is 0.654. The second-order valence-electron chi connectivity index (χ2n) is 10.4. The lowest BCUT2D eigenvalue weighted by atomic mass is 10.1. The summed E-state index contributed by atoms with van der Waals surface area (Å²) in [6.45, 7) is 0.995. The standard InChI is InChI=1S/C26H46N10O11/c1-13(21(42)36-17(11-20(40)41)24(45)35-16(25(46)47)6-4-10-31-26(29)30)33-23(44)15(5-2-3-9-27)34-18(37)12-32-22(43)14(28)7-8-19(38)39/h13-17H,2-12,27-28H2,1H3,(H,32,43)(H,33,44)(H,34,37)(H,35,45)(H,36,42)(H,38,39)(H,40,41)(H,46,47)(H4,29,30,31)/t13-,14-,15-,16-,17-/m0/s1. The number of carboxylic acid groups (broad SMARTS) is 3. The Morgan fingerprint density at radius 2 is 1.30 bits per heavy atom. The van der Waals surface area contributed by atoms with Gasteiger partial charge in [-0.1, -0.05) is 0 Å². The van der Waals surface area contributed by atoms with Crippen molar-refractivity contribution in [3.8, 4) is 0 Å². The molecule has 16 N–H and O–H groups in total. The molecule has 47 heavy (non-hydrogen) atoms. The van der Waals surface area contributed by atoms with Crippen LogP contribution in [0.2, 0.25) is 0 Å². The van der Waals surface area contributed by atoms with E-state index in [1.807, 2.05) is 0 Å². The van der Waals surface area contributed by atoms with Gasteiger partial charge in [0.15, 0.2) is 5.96 Å². The molecule has 0 aromatic rings. The van der Waals surface area contributed by atoms with Crippen LogP contribution in [0, 0.1) is 0 Å². The molecule has 0 aromatic heterocycles. The van der Waals surface area contributed by atoms with E-state index in [1.54, 1.807) is 0 Å². The number of aliphatic carboxylic acids is 3. The Hall–Kier alpha value is -5.05. The fourth-order valence-corrected chi connectivity index (χ4v) is 3.81. The summed E-state index contributed by atoms with van der Waals surface area (Å²) in [5.41, 5.74) is 21.5. The topological polar surface area (TPSA) is 374 Å². The van der Waals surface area contributed by atoms with Gasteiger partial charge in [-0.2, -0.15) is 0 Å². The number of carbonyl (C=O) groups excluding carboxylic acids is 5. The van der Waals surface area contributed by atoms with E-state index in [-0.39, 0.29) is 51.2 Å². The van der Waals surface area contributed by atoms with E-state index >= 15 is 0 Å². The third kappa shape index (κ3) is 19.2. The summed E-state index contributed by atoms with van der Waals surface area (Å²) >= 11 is 0. The molecule has 0 fully saturated rings. The van der Waals surface area contributed by atoms with Crippen molar-refractivity contribution < 1.29 is 53.7 Å². The van der Waals surface area contributed by atoms with Gasteiger partial charge in [-0.25, -0.2) is 4.79 Å². The zero-order valence-electron chi connectivity index (χ0n) is 26.0. The van der Waals surface area contributed by atoms with Crippen molar-refractivity contribution in [1.29, 1.82) is 0 Å². The van der Waals surface area contributed by atoms with Crippen LogP contribution in [-0.4, -0.2) is 119 Å². The molecule has 0 rings (SSSR count). The number of amides is 5. The van der Waals surface area contributed by atoms with Gasteiger partial charge in [0.1, 0.15) is 24.2 Å². The number of rotatable bonds is 24. The highest BCUT2D eigenvalue weighted by molar-refractivity contribution is 5.96. The number of nitrogens with two attached hydrogens (primary N) is 4. The van der Waals surface area contributed by atoms with Crippen LogP contribution in [0.3, 0.4) is 0 Å². The molecule has 0 unspecified atom stereocenters. The van der Waals surface area contributed by atoms with E-state index < -0.39 is 90.6 Å². The molecule has 21 nitrogen and oxygen atoms in total. The number of nitrogens with one attached hydrogen (secondary N) is 5. The van der Waals surface area contributed by atoms with E-state index in [1.165, 1.54) is 6.92 Å². The number of aliphatic imine (C=N–C) groups is 1. The molecular weight excluding hydrogens is 628 g/mol. The predicted molar refractivity (Wildman–Crippen MR) is 164 cm³/mol. The van der Waals surface area contributed by atoms with E-state index in [2.05, 4.69) is 31.6 Å². The first-order valence-corrected chi connectivity index (χ1v) is 14.6. The molecule has 0 saturated carbocycles. The van der Waals surface area contributed by atoms with E-state index in [9.17, 15) is 48.6 Å². The third-order valence-electron chi connectivity index (χ3n) is 6.35. The lowest BCUT2D eigenvalue weighted by Gasteiger charge is -2.24. The molecule has 5 atom stereocenters. The maximum atomic E-state index is 13.0. The molecule has 0 bridgehead atoms. The Balaban J connectivity index is 5.40. The number of nitrogens with zero attached hydrogens (tertiary/aromatic N) is 1. The average Bonchev–Trinajstić information content (AvgIpc) is 2.98. The van der Waals surface area contributed by atoms with Crippen LogP contribution >= 0.6 is 0 Å². The number of guanidine groups is 1. The Morgan fingerprint density at radius 1 is 0.702 bits per heavy atom. The highest BCUT2D eigenvalue weighted by Crippen LogP contribution is 2.04. The van der Waals surface area contributed by atoms with Crippen LogP contribution in [0.1, 0.15) is 58.3 Å². The molecule has 0 saturated heterocycles. The molecule has 266 valence electrons. The van der Waals surface area contributed by atoms with E-state index in [0.717, 1.165) is 0 Å². The van der Waals surface area contributed by atoms with Crippen molar-refractivity contribution in [1.82, 2.24) is 26.6 Å².